The molecule has 0 saturated heterocycles. The number of aromatic nitrogens is 6. The SMILES string of the molecule is CCOc1cccc(-c2nc3ncc(NS(=O)(=O)Cc4ccc(C)cn4)nc3n2-c2c(OC)cccc2OC)n1.[HH]. The van der Waals surface area contributed by atoms with Crippen molar-refractivity contribution in [3.05, 3.63) is 72.2 Å². The molecule has 0 fully saturated rings. The zero-order chi connectivity index (χ0) is 28.3. The summed E-state index contributed by atoms with van der Waals surface area (Å²) < 4.78 is 47.0. The molecule has 4 heterocycles. The lowest BCUT2D eigenvalue weighted by Gasteiger charge is -2.16. The van der Waals surface area contributed by atoms with Gasteiger partial charge in [-0.3, -0.25) is 14.3 Å². The van der Waals surface area contributed by atoms with E-state index in [1.165, 1.54) is 20.4 Å². The van der Waals surface area contributed by atoms with Crippen LogP contribution in [0.15, 0.2) is 60.9 Å². The van der Waals surface area contributed by atoms with Crippen LogP contribution in [-0.4, -0.2) is 58.7 Å². The summed E-state index contributed by atoms with van der Waals surface area (Å²) in [6.07, 6.45) is 2.93. The molecule has 5 aromatic rings. The number of hydrogen-bond acceptors (Lipinski definition) is 10. The van der Waals surface area contributed by atoms with Crippen molar-refractivity contribution >= 4 is 27.1 Å². The highest BCUT2D eigenvalue weighted by Crippen LogP contribution is 2.38. The fraction of sp³-hybridized carbons (Fsp3) is 0.222. The number of aryl methyl sites for hydroxylation is 1. The predicted molar refractivity (Wildman–Crippen MR) is 151 cm³/mol. The molecule has 4 aromatic heterocycles. The lowest BCUT2D eigenvalue weighted by molar-refractivity contribution is 0.327. The first-order valence-electron chi connectivity index (χ1n) is 12.3. The molecule has 208 valence electrons. The average Bonchev–Trinajstić information content (AvgIpc) is 3.32. The molecule has 13 heteroatoms. The molecule has 5 rings (SSSR count). The molecule has 12 nitrogen and oxygen atoms in total. The van der Waals surface area contributed by atoms with Gasteiger partial charge < -0.3 is 14.2 Å². The molecular formula is C27H29N7O5S. The third kappa shape index (κ3) is 5.50. The standard InChI is InChI=1S/C27H27N7O5S.H2/c1-5-39-23-11-6-8-19(30-23)26-32-25-27(34(26)24-20(37-3)9-7-10-21(24)38-4)31-22(15-29-25)33-40(35,36)16-18-13-12-17(2)14-28-18;/h6-15H,5,16H2,1-4H3,(H,31,33);1H. The fourth-order valence-electron chi connectivity index (χ4n) is 4.08. The summed E-state index contributed by atoms with van der Waals surface area (Å²) in [5, 5.41) is 0. The maximum Gasteiger partial charge on any atom is 0.239 e. The van der Waals surface area contributed by atoms with E-state index in [9.17, 15) is 8.42 Å². The molecule has 0 atom stereocenters. The van der Waals surface area contributed by atoms with Crippen molar-refractivity contribution in [2.45, 2.75) is 19.6 Å². The van der Waals surface area contributed by atoms with Gasteiger partial charge in [0.15, 0.2) is 22.9 Å². The highest BCUT2D eigenvalue weighted by atomic mass is 32.2. The third-order valence-electron chi connectivity index (χ3n) is 5.81. The molecule has 1 N–H and O–H groups in total. The second-order valence-corrected chi connectivity index (χ2v) is 10.4. The van der Waals surface area contributed by atoms with Crippen LogP contribution in [0, 0.1) is 6.92 Å². The third-order valence-corrected chi connectivity index (χ3v) is 7.01. The first-order chi connectivity index (χ1) is 19.3. The van der Waals surface area contributed by atoms with E-state index in [4.69, 9.17) is 19.2 Å². The molecule has 0 amide bonds. The molecule has 0 aliphatic rings. The summed E-state index contributed by atoms with van der Waals surface area (Å²) in [6, 6.07) is 14.1. The molecule has 1 aromatic carbocycles. The van der Waals surface area contributed by atoms with Gasteiger partial charge in [0, 0.05) is 13.7 Å². The Morgan fingerprint density at radius 2 is 1.68 bits per heavy atom. The zero-order valence-electron chi connectivity index (χ0n) is 22.3. The molecular weight excluding hydrogens is 534 g/mol. The first-order valence-corrected chi connectivity index (χ1v) is 14.0. The number of methoxy groups -OCH3 is 2. The number of fused-ring (bicyclic) bond motifs is 1. The maximum atomic E-state index is 13.0. The summed E-state index contributed by atoms with van der Waals surface area (Å²) in [6.45, 7) is 4.19. The normalized spacial score (nSPS) is 11.4. The van der Waals surface area contributed by atoms with Crippen LogP contribution in [-0.2, 0) is 15.8 Å². The largest absolute Gasteiger partial charge is 0.494 e. The van der Waals surface area contributed by atoms with E-state index >= 15 is 0 Å². The van der Waals surface area contributed by atoms with Crippen molar-refractivity contribution in [3.63, 3.8) is 0 Å². The van der Waals surface area contributed by atoms with Crippen molar-refractivity contribution in [1.29, 1.82) is 0 Å². The number of ether oxygens (including phenoxy) is 3. The van der Waals surface area contributed by atoms with E-state index in [0.29, 0.717) is 46.9 Å². The zero-order valence-corrected chi connectivity index (χ0v) is 23.1. The van der Waals surface area contributed by atoms with Crippen molar-refractivity contribution in [1.82, 2.24) is 29.5 Å². The Bertz CT molecular complexity index is 1760. The first kappa shape index (κ1) is 26.8. The van der Waals surface area contributed by atoms with Crippen LogP contribution >= 0.6 is 0 Å². The van der Waals surface area contributed by atoms with E-state index in [0.717, 1.165) is 5.56 Å². The summed E-state index contributed by atoms with van der Waals surface area (Å²) >= 11 is 0. The molecule has 0 radical (unpaired) electrons. The number of benzene rings is 1. The van der Waals surface area contributed by atoms with Crippen LogP contribution in [0.2, 0.25) is 0 Å². The lowest BCUT2D eigenvalue weighted by atomic mass is 10.2. The van der Waals surface area contributed by atoms with E-state index in [2.05, 4.69) is 24.7 Å². The van der Waals surface area contributed by atoms with Crippen LogP contribution in [0.5, 0.6) is 17.4 Å². The number of nitrogens with one attached hydrogen (secondary N) is 1. The monoisotopic (exact) mass is 563 g/mol. The number of nitrogens with zero attached hydrogens (tertiary/aromatic N) is 6. The Kier molecular flexibility index (Phi) is 7.47. The minimum atomic E-state index is -3.85. The quantitative estimate of drug-likeness (QED) is 0.263. The molecule has 0 spiro atoms. The second kappa shape index (κ2) is 11.1. The molecule has 0 bridgehead atoms. The van der Waals surface area contributed by atoms with Crippen LogP contribution in [0.25, 0.3) is 28.5 Å². The van der Waals surface area contributed by atoms with Crippen LogP contribution in [0.1, 0.15) is 19.6 Å². The molecule has 40 heavy (non-hydrogen) atoms. The van der Waals surface area contributed by atoms with Crippen LogP contribution < -0.4 is 18.9 Å². The number of anilines is 1. The number of para-hydroxylation sites is 1. The van der Waals surface area contributed by atoms with Gasteiger partial charge in [0.2, 0.25) is 15.9 Å². The molecule has 0 saturated carbocycles. The molecule has 0 unspecified atom stereocenters. The highest BCUT2D eigenvalue weighted by Gasteiger charge is 2.24. The molecule has 0 aliphatic carbocycles. The van der Waals surface area contributed by atoms with Gasteiger partial charge in [0.05, 0.1) is 32.7 Å². The van der Waals surface area contributed by atoms with Gasteiger partial charge in [-0.15, -0.1) is 0 Å². The summed E-state index contributed by atoms with van der Waals surface area (Å²) in [5.41, 5.74) is 2.82. The van der Waals surface area contributed by atoms with Crippen molar-refractivity contribution in [3.8, 4) is 34.6 Å². The van der Waals surface area contributed by atoms with Crippen LogP contribution in [0.4, 0.5) is 5.82 Å². The Balaban J connectivity index is 0.00000387. The van der Waals surface area contributed by atoms with Gasteiger partial charge in [0.1, 0.15) is 28.6 Å². The topological polar surface area (TPSA) is 143 Å². The van der Waals surface area contributed by atoms with Gasteiger partial charge in [-0.2, -0.15) is 0 Å². The van der Waals surface area contributed by atoms with E-state index < -0.39 is 10.0 Å². The minimum absolute atomic E-state index is 0. The van der Waals surface area contributed by atoms with Crippen molar-refractivity contribution < 1.29 is 24.1 Å². The van der Waals surface area contributed by atoms with Gasteiger partial charge in [-0.1, -0.05) is 18.2 Å². The van der Waals surface area contributed by atoms with E-state index in [1.807, 2.05) is 13.8 Å². The average molecular weight is 564 g/mol. The van der Waals surface area contributed by atoms with Crippen molar-refractivity contribution in [2.24, 2.45) is 0 Å². The lowest BCUT2D eigenvalue weighted by Crippen LogP contribution is -2.17. The summed E-state index contributed by atoms with van der Waals surface area (Å²) in [7, 11) is -0.778. The number of hydrogen-bond donors (Lipinski definition) is 1. The Hall–Kier alpha value is -4.78. The van der Waals surface area contributed by atoms with Crippen LogP contribution in [0.3, 0.4) is 0 Å². The Labute approximate surface area is 232 Å². The van der Waals surface area contributed by atoms with E-state index in [-0.39, 0.29) is 24.3 Å². The summed E-state index contributed by atoms with van der Waals surface area (Å²) in [4.78, 5) is 22.5. The van der Waals surface area contributed by atoms with Gasteiger partial charge >= 0.3 is 0 Å². The minimum Gasteiger partial charge on any atom is -0.494 e. The summed E-state index contributed by atoms with van der Waals surface area (Å²) in [5.74, 6) is 1.43. The predicted octanol–water partition coefficient (Wildman–Crippen LogP) is 4.18. The fourth-order valence-corrected chi connectivity index (χ4v) is 5.13. The van der Waals surface area contributed by atoms with E-state index in [1.54, 1.807) is 59.3 Å². The number of rotatable bonds is 10. The molecule has 0 aliphatic heterocycles. The smallest absolute Gasteiger partial charge is 0.239 e. The Morgan fingerprint density at radius 3 is 2.35 bits per heavy atom. The number of pyridine rings is 2. The Morgan fingerprint density at radius 1 is 0.925 bits per heavy atom. The second-order valence-electron chi connectivity index (χ2n) is 8.67. The number of sulfonamides is 1. The number of imidazole rings is 1. The maximum absolute atomic E-state index is 13.0. The van der Waals surface area contributed by atoms with Gasteiger partial charge in [0.25, 0.3) is 0 Å². The highest BCUT2D eigenvalue weighted by molar-refractivity contribution is 7.91. The van der Waals surface area contributed by atoms with Gasteiger partial charge in [-0.25, -0.2) is 28.4 Å². The van der Waals surface area contributed by atoms with Gasteiger partial charge in [-0.05, 0) is 43.7 Å². The van der Waals surface area contributed by atoms with Crippen molar-refractivity contribution in [2.75, 3.05) is 25.5 Å².